The van der Waals surface area contributed by atoms with Crippen LogP contribution in [-0.2, 0) is 6.54 Å². The van der Waals surface area contributed by atoms with Crippen molar-refractivity contribution in [3.05, 3.63) is 107 Å². The summed E-state index contributed by atoms with van der Waals surface area (Å²) >= 11 is 0. The lowest BCUT2D eigenvalue weighted by Gasteiger charge is -2.30. The molecule has 1 saturated heterocycles. The number of carbonyl (C=O) groups excluding carboxylic acids is 1. The molecule has 2 atom stereocenters. The van der Waals surface area contributed by atoms with Gasteiger partial charge in [-0.3, -0.25) is 9.69 Å². The summed E-state index contributed by atoms with van der Waals surface area (Å²) in [4.78, 5) is 17.9. The predicted octanol–water partition coefficient (Wildman–Crippen LogP) is 6.15. The van der Waals surface area contributed by atoms with Gasteiger partial charge in [-0.1, -0.05) is 74.0 Å². The number of halogens is 1. The Morgan fingerprint density at radius 1 is 1.00 bits per heavy atom. The normalized spacial score (nSPS) is 18.4. The quantitative estimate of drug-likeness (QED) is 0.404. The molecule has 0 saturated carbocycles. The van der Waals surface area contributed by atoms with Crippen LogP contribution in [0.4, 0.5) is 4.39 Å². The summed E-state index contributed by atoms with van der Waals surface area (Å²) in [7, 11) is 0. The lowest BCUT2D eigenvalue weighted by Crippen LogP contribution is -2.39. The first-order valence-corrected chi connectivity index (χ1v) is 12.3. The van der Waals surface area contributed by atoms with Crippen molar-refractivity contribution in [1.29, 1.82) is 0 Å². The third kappa shape index (κ3) is 6.12. The van der Waals surface area contributed by atoms with Crippen LogP contribution in [0, 0.1) is 24.6 Å². The van der Waals surface area contributed by atoms with E-state index in [0.29, 0.717) is 12.5 Å². The molecule has 1 fully saturated rings. The van der Waals surface area contributed by atoms with Crippen LogP contribution in [-0.4, -0.2) is 41.9 Å². The number of nitrogens with zero attached hydrogens (tertiary/aromatic N) is 2. The minimum atomic E-state index is -0.212. The van der Waals surface area contributed by atoms with Crippen molar-refractivity contribution in [1.82, 2.24) is 9.80 Å². The summed E-state index contributed by atoms with van der Waals surface area (Å²) in [5, 5.41) is 0. The molecule has 4 rings (SSSR count). The minimum absolute atomic E-state index is 0.0873. The van der Waals surface area contributed by atoms with E-state index in [4.69, 9.17) is 0 Å². The number of carbonyl (C=O) groups is 1. The van der Waals surface area contributed by atoms with Crippen molar-refractivity contribution < 1.29 is 9.18 Å². The zero-order valence-electron chi connectivity index (χ0n) is 20.5. The highest BCUT2D eigenvalue weighted by Gasteiger charge is 2.36. The molecule has 3 aromatic carbocycles. The molecule has 1 aliphatic heterocycles. The highest BCUT2D eigenvalue weighted by Crippen LogP contribution is 2.35. The maximum absolute atomic E-state index is 13.7. The summed E-state index contributed by atoms with van der Waals surface area (Å²) in [6.07, 6.45) is 0. The van der Waals surface area contributed by atoms with Gasteiger partial charge in [0.15, 0.2) is 0 Å². The Kier molecular flexibility index (Phi) is 7.79. The van der Waals surface area contributed by atoms with Gasteiger partial charge in [-0.2, -0.15) is 0 Å². The predicted molar refractivity (Wildman–Crippen MR) is 136 cm³/mol. The summed E-state index contributed by atoms with van der Waals surface area (Å²) < 4.78 is 13.7. The summed E-state index contributed by atoms with van der Waals surface area (Å²) in [6, 6.07) is 25.1. The number of likely N-dealkylation sites (tertiary alicyclic amines) is 1. The van der Waals surface area contributed by atoms with Crippen LogP contribution < -0.4 is 0 Å². The third-order valence-corrected chi connectivity index (χ3v) is 6.65. The molecule has 1 heterocycles. The average Bonchev–Trinajstić information content (AvgIpc) is 3.21. The van der Waals surface area contributed by atoms with Crippen molar-refractivity contribution in [3.8, 4) is 0 Å². The molecule has 0 unspecified atom stereocenters. The molecule has 3 nitrogen and oxygen atoms in total. The minimum Gasteiger partial charge on any atom is -0.338 e. The molecule has 1 amide bonds. The Hall–Kier alpha value is -2.98. The van der Waals surface area contributed by atoms with Crippen LogP contribution in [0.15, 0.2) is 78.9 Å². The van der Waals surface area contributed by atoms with Gasteiger partial charge >= 0.3 is 0 Å². The van der Waals surface area contributed by atoms with Gasteiger partial charge in [0.05, 0.1) is 0 Å². The van der Waals surface area contributed by atoms with Gasteiger partial charge in [-0.05, 0) is 54.2 Å². The molecule has 178 valence electrons. The second kappa shape index (κ2) is 11.0. The van der Waals surface area contributed by atoms with Crippen molar-refractivity contribution in [2.45, 2.75) is 33.2 Å². The van der Waals surface area contributed by atoms with Gasteiger partial charge in [0.1, 0.15) is 5.82 Å². The van der Waals surface area contributed by atoms with Gasteiger partial charge < -0.3 is 4.90 Å². The fourth-order valence-corrected chi connectivity index (χ4v) is 5.16. The summed E-state index contributed by atoms with van der Waals surface area (Å²) in [5.41, 5.74) is 4.45. The number of hydrogen-bond donors (Lipinski definition) is 0. The summed E-state index contributed by atoms with van der Waals surface area (Å²) in [6.45, 7) is 10.5. The molecular formula is C30H35FN2O. The first-order chi connectivity index (χ1) is 16.4. The van der Waals surface area contributed by atoms with Gasteiger partial charge in [-0.15, -0.1) is 0 Å². The van der Waals surface area contributed by atoms with Gasteiger partial charge in [-0.25, -0.2) is 4.39 Å². The molecule has 0 aliphatic carbocycles. The van der Waals surface area contributed by atoms with Gasteiger partial charge in [0, 0.05) is 44.2 Å². The lowest BCUT2D eigenvalue weighted by molar-refractivity contribution is 0.0703. The van der Waals surface area contributed by atoms with Crippen LogP contribution >= 0.6 is 0 Å². The number of benzene rings is 3. The fraction of sp³-hybridized carbons (Fsp3) is 0.367. The molecule has 34 heavy (non-hydrogen) atoms. The Labute approximate surface area is 203 Å². The zero-order chi connectivity index (χ0) is 24.1. The topological polar surface area (TPSA) is 23.6 Å². The maximum atomic E-state index is 13.7. The van der Waals surface area contributed by atoms with E-state index in [1.807, 2.05) is 47.4 Å². The van der Waals surface area contributed by atoms with Crippen LogP contribution in [0.2, 0.25) is 0 Å². The van der Waals surface area contributed by atoms with E-state index in [1.54, 1.807) is 12.1 Å². The van der Waals surface area contributed by atoms with Crippen molar-refractivity contribution in [3.63, 3.8) is 0 Å². The Morgan fingerprint density at radius 3 is 2.41 bits per heavy atom. The van der Waals surface area contributed by atoms with E-state index in [1.165, 1.54) is 11.1 Å². The molecule has 0 radical (unpaired) electrons. The average molecular weight is 459 g/mol. The molecule has 0 aromatic heterocycles. The number of amides is 1. The zero-order valence-corrected chi connectivity index (χ0v) is 20.5. The van der Waals surface area contributed by atoms with Crippen molar-refractivity contribution in [2.75, 3.05) is 26.2 Å². The molecule has 3 aromatic rings. The molecule has 0 N–H and O–H groups in total. The van der Waals surface area contributed by atoms with Crippen LogP contribution in [0.5, 0.6) is 0 Å². The summed E-state index contributed by atoms with van der Waals surface area (Å²) in [5.74, 6) is 0.784. The van der Waals surface area contributed by atoms with Crippen molar-refractivity contribution >= 4 is 5.91 Å². The third-order valence-electron chi connectivity index (χ3n) is 6.65. The highest BCUT2D eigenvalue weighted by atomic mass is 19.1. The van der Waals surface area contributed by atoms with E-state index >= 15 is 0 Å². The standard InChI is InChI=1S/C30H35FN2O/c1-22(2)17-33(30(34)26-10-5-4-6-11-26)20-27-19-32(18-24-9-7-8-23(3)16-24)21-29(27)25-12-14-28(31)15-13-25/h4-16,22,27,29H,17-21H2,1-3H3/t27-,29+/m0/s1. The monoisotopic (exact) mass is 458 g/mol. The number of rotatable bonds is 8. The van der Waals surface area contributed by atoms with E-state index < -0.39 is 0 Å². The number of aryl methyl sites for hydroxylation is 1. The Morgan fingerprint density at radius 2 is 1.74 bits per heavy atom. The van der Waals surface area contributed by atoms with E-state index in [9.17, 15) is 9.18 Å². The van der Waals surface area contributed by atoms with E-state index in [-0.39, 0.29) is 23.6 Å². The lowest BCUT2D eigenvalue weighted by atomic mass is 9.88. The molecule has 0 bridgehead atoms. The SMILES string of the molecule is Cc1cccc(CN2C[C@@H](CN(CC(C)C)C(=O)c3ccccc3)[C@@H](c3ccc(F)cc3)C2)c1. The Bertz CT molecular complexity index is 1080. The van der Waals surface area contributed by atoms with E-state index in [2.05, 4.69) is 49.9 Å². The molecule has 4 heteroatoms. The molecule has 0 spiro atoms. The smallest absolute Gasteiger partial charge is 0.253 e. The van der Waals surface area contributed by atoms with Gasteiger partial charge in [0.2, 0.25) is 0 Å². The molecule has 1 aliphatic rings. The Balaban J connectivity index is 1.58. The first-order valence-electron chi connectivity index (χ1n) is 12.3. The second-order valence-electron chi connectivity index (χ2n) is 10.1. The second-order valence-corrected chi connectivity index (χ2v) is 10.1. The first kappa shape index (κ1) is 24.2. The molecular weight excluding hydrogens is 423 g/mol. The van der Waals surface area contributed by atoms with Gasteiger partial charge in [0.25, 0.3) is 5.91 Å². The van der Waals surface area contributed by atoms with Crippen LogP contribution in [0.1, 0.15) is 46.8 Å². The fourth-order valence-electron chi connectivity index (χ4n) is 5.16. The number of hydrogen-bond acceptors (Lipinski definition) is 2. The van der Waals surface area contributed by atoms with E-state index in [0.717, 1.165) is 37.3 Å². The maximum Gasteiger partial charge on any atom is 0.253 e. The van der Waals surface area contributed by atoms with Crippen LogP contribution in [0.3, 0.4) is 0 Å². The largest absolute Gasteiger partial charge is 0.338 e. The van der Waals surface area contributed by atoms with Crippen molar-refractivity contribution in [2.24, 2.45) is 11.8 Å². The highest BCUT2D eigenvalue weighted by molar-refractivity contribution is 5.94. The van der Waals surface area contributed by atoms with Crippen LogP contribution in [0.25, 0.3) is 0 Å².